The van der Waals surface area contributed by atoms with Crippen LogP contribution in [0.2, 0.25) is 0 Å². The van der Waals surface area contributed by atoms with Crippen molar-refractivity contribution >= 4 is 27.9 Å². The number of rotatable bonds is 9. The van der Waals surface area contributed by atoms with Gasteiger partial charge in [0.2, 0.25) is 0 Å². The van der Waals surface area contributed by atoms with E-state index in [1.807, 2.05) is 13.8 Å². The van der Waals surface area contributed by atoms with Crippen molar-refractivity contribution in [1.29, 1.82) is 0 Å². The zero-order valence-electron chi connectivity index (χ0n) is 12.2. The third-order valence-corrected chi connectivity index (χ3v) is 3.75. The van der Waals surface area contributed by atoms with Gasteiger partial charge in [-0.25, -0.2) is 0 Å². The number of carbonyl (C=O) groups excluding carboxylic acids is 1. The molecule has 0 aromatic carbocycles. The minimum atomic E-state index is -0.171. The third kappa shape index (κ3) is 4.28. The second kappa shape index (κ2) is 8.65. The minimum absolute atomic E-state index is 0.171. The Labute approximate surface area is 123 Å². The van der Waals surface area contributed by atoms with Gasteiger partial charge in [0.05, 0.1) is 7.11 Å². The molecular formula is C13H23N3O3S. The summed E-state index contributed by atoms with van der Waals surface area (Å²) in [5, 5.41) is 6.75. The first-order valence-corrected chi connectivity index (χ1v) is 7.53. The highest BCUT2D eigenvalue weighted by Gasteiger charge is 2.21. The lowest BCUT2D eigenvalue weighted by atomic mass is 10.3. The first-order valence-electron chi connectivity index (χ1n) is 6.71. The van der Waals surface area contributed by atoms with Gasteiger partial charge in [0.25, 0.3) is 5.91 Å². The molecule has 0 bridgehead atoms. The number of ether oxygens (including phenoxy) is 2. The van der Waals surface area contributed by atoms with E-state index in [1.54, 1.807) is 7.11 Å². The van der Waals surface area contributed by atoms with Crippen LogP contribution in [0, 0.1) is 0 Å². The predicted octanol–water partition coefficient (Wildman–Crippen LogP) is 1.93. The fourth-order valence-electron chi connectivity index (χ4n) is 1.68. The molecule has 0 radical (unpaired) electrons. The van der Waals surface area contributed by atoms with Gasteiger partial charge >= 0.3 is 0 Å². The van der Waals surface area contributed by atoms with Crippen LogP contribution in [0.15, 0.2) is 0 Å². The van der Waals surface area contributed by atoms with Gasteiger partial charge in [-0.1, -0.05) is 0 Å². The lowest BCUT2D eigenvalue weighted by molar-refractivity contribution is 0.0960. The Bertz CT molecular complexity index is 435. The second-order valence-electron chi connectivity index (χ2n) is 4.04. The van der Waals surface area contributed by atoms with Crippen LogP contribution < -0.4 is 21.1 Å². The average molecular weight is 301 g/mol. The van der Waals surface area contributed by atoms with E-state index >= 15 is 0 Å². The first kappa shape index (κ1) is 16.6. The van der Waals surface area contributed by atoms with E-state index in [9.17, 15) is 4.79 Å². The Kier molecular flexibility index (Phi) is 7.17. The maximum Gasteiger partial charge on any atom is 0.263 e. The van der Waals surface area contributed by atoms with Crippen molar-refractivity contribution in [1.82, 2.24) is 5.32 Å². The van der Waals surface area contributed by atoms with Gasteiger partial charge in [0, 0.05) is 26.3 Å². The Morgan fingerprint density at radius 2 is 2.15 bits per heavy atom. The predicted molar refractivity (Wildman–Crippen MR) is 82.9 cm³/mol. The number of hydrogen-bond donors (Lipinski definition) is 3. The Balaban J connectivity index is 2.70. The van der Waals surface area contributed by atoms with Crippen LogP contribution >= 0.6 is 11.3 Å². The van der Waals surface area contributed by atoms with Gasteiger partial charge in [0.15, 0.2) is 5.75 Å². The number of nitrogens with one attached hydrogen (secondary N) is 2. The Morgan fingerprint density at radius 3 is 2.75 bits per heavy atom. The molecule has 1 heterocycles. The number of hydrogen-bond acceptors (Lipinski definition) is 6. The molecule has 1 aromatic heterocycles. The SMILES string of the molecule is CCNC(=O)c1sc(NCCCOCC)c(OC)c1N. The molecule has 0 atom stereocenters. The fraction of sp³-hybridized carbons (Fsp3) is 0.615. The van der Waals surface area contributed by atoms with E-state index in [0.717, 1.165) is 24.6 Å². The van der Waals surface area contributed by atoms with Crippen LogP contribution in [-0.4, -0.2) is 39.3 Å². The summed E-state index contributed by atoms with van der Waals surface area (Å²) in [5.41, 5.74) is 6.34. The van der Waals surface area contributed by atoms with Crippen molar-refractivity contribution in [3.8, 4) is 5.75 Å². The molecular weight excluding hydrogens is 278 g/mol. The lowest BCUT2D eigenvalue weighted by Gasteiger charge is -2.06. The maximum absolute atomic E-state index is 11.9. The molecule has 0 spiro atoms. The molecule has 0 aliphatic rings. The molecule has 114 valence electrons. The highest BCUT2D eigenvalue weighted by atomic mass is 32.1. The zero-order chi connectivity index (χ0) is 15.0. The number of carbonyl (C=O) groups is 1. The Morgan fingerprint density at radius 1 is 1.40 bits per heavy atom. The van der Waals surface area contributed by atoms with Gasteiger partial charge in [-0.15, -0.1) is 11.3 Å². The standard InChI is InChI=1S/C13H23N3O3S/c1-4-15-12(17)11-9(14)10(18-3)13(20-11)16-7-6-8-19-5-2/h16H,4-8,14H2,1-3H3,(H,15,17). The number of thiophene rings is 1. The van der Waals surface area contributed by atoms with Crippen LogP contribution in [0.4, 0.5) is 10.7 Å². The second-order valence-corrected chi connectivity index (χ2v) is 5.06. The van der Waals surface area contributed by atoms with Crippen molar-refractivity contribution in [2.45, 2.75) is 20.3 Å². The van der Waals surface area contributed by atoms with Gasteiger partial charge in [-0.3, -0.25) is 4.79 Å². The third-order valence-electron chi connectivity index (χ3n) is 2.60. The van der Waals surface area contributed by atoms with E-state index < -0.39 is 0 Å². The molecule has 1 rings (SSSR count). The summed E-state index contributed by atoms with van der Waals surface area (Å²) >= 11 is 1.31. The van der Waals surface area contributed by atoms with Gasteiger partial charge in [-0.05, 0) is 20.3 Å². The van der Waals surface area contributed by atoms with Crippen LogP contribution in [0.1, 0.15) is 29.9 Å². The average Bonchev–Trinajstić information content (AvgIpc) is 2.75. The molecule has 0 aliphatic carbocycles. The first-order chi connectivity index (χ1) is 9.65. The smallest absolute Gasteiger partial charge is 0.263 e. The van der Waals surface area contributed by atoms with E-state index in [4.69, 9.17) is 15.2 Å². The summed E-state index contributed by atoms with van der Waals surface area (Å²) in [6.45, 7) is 6.56. The molecule has 0 aliphatic heterocycles. The van der Waals surface area contributed by atoms with Crippen LogP contribution in [-0.2, 0) is 4.74 Å². The lowest BCUT2D eigenvalue weighted by Crippen LogP contribution is -2.22. The van der Waals surface area contributed by atoms with Crippen molar-refractivity contribution in [2.75, 3.05) is 44.5 Å². The molecule has 7 heteroatoms. The summed E-state index contributed by atoms with van der Waals surface area (Å²) in [7, 11) is 1.55. The molecule has 1 amide bonds. The summed E-state index contributed by atoms with van der Waals surface area (Å²) in [5.74, 6) is 0.364. The highest BCUT2D eigenvalue weighted by molar-refractivity contribution is 7.19. The highest BCUT2D eigenvalue weighted by Crippen LogP contribution is 2.42. The number of nitrogen functional groups attached to an aromatic ring is 1. The molecule has 6 nitrogen and oxygen atoms in total. The topological polar surface area (TPSA) is 85.6 Å². The van der Waals surface area contributed by atoms with E-state index in [0.29, 0.717) is 29.5 Å². The summed E-state index contributed by atoms with van der Waals surface area (Å²) in [4.78, 5) is 12.4. The van der Waals surface area contributed by atoms with Crippen molar-refractivity contribution in [3.63, 3.8) is 0 Å². The molecule has 0 unspecified atom stereocenters. The molecule has 20 heavy (non-hydrogen) atoms. The van der Waals surface area contributed by atoms with Crippen molar-refractivity contribution in [3.05, 3.63) is 4.88 Å². The molecule has 0 fully saturated rings. The van der Waals surface area contributed by atoms with Gasteiger partial charge < -0.3 is 25.8 Å². The van der Waals surface area contributed by atoms with Crippen LogP contribution in [0.25, 0.3) is 0 Å². The molecule has 0 saturated carbocycles. The van der Waals surface area contributed by atoms with Gasteiger partial charge in [0.1, 0.15) is 15.6 Å². The zero-order valence-corrected chi connectivity index (χ0v) is 13.1. The summed E-state index contributed by atoms with van der Waals surface area (Å²) < 4.78 is 10.5. The minimum Gasteiger partial charge on any atom is -0.492 e. The van der Waals surface area contributed by atoms with Crippen LogP contribution in [0.3, 0.4) is 0 Å². The van der Waals surface area contributed by atoms with Crippen molar-refractivity contribution in [2.24, 2.45) is 0 Å². The maximum atomic E-state index is 11.9. The number of anilines is 2. The van der Waals surface area contributed by atoms with Crippen LogP contribution in [0.5, 0.6) is 5.75 Å². The van der Waals surface area contributed by atoms with E-state index in [1.165, 1.54) is 11.3 Å². The summed E-state index contributed by atoms with van der Waals surface area (Å²) in [6, 6.07) is 0. The normalized spacial score (nSPS) is 10.3. The largest absolute Gasteiger partial charge is 0.492 e. The monoisotopic (exact) mass is 301 g/mol. The molecule has 4 N–H and O–H groups in total. The van der Waals surface area contributed by atoms with Crippen molar-refractivity contribution < 1.29 is 14.3 Å². The fourth-order valence-corrected chi connectivity index (χ4v) is 2.71. The van der Waals surface area contributed by atoms with E-state index in [2.05, 4.69) is 10.6 Å². The van der Waals surface area contributed by atoms with Gasteiger partial charge in [-0.2, -0.15) is 0 Å². The van der Waals surface area contributed by atoms with E-state index in [-0.39, 0.29) is 5.91 Å². The summed E-state index contributed by atoms with van der Waals surface area (Å²) in [6.07, 6.45) is 0.880. The molecule has 1 aromatic rings. The number of methoxy groups -OCH3 is 1. The number of amides is 1. The number of nitrogens with two attached hydrogens (primary N) is 1. The quantitative estimate of drug-likeness (QED) is 0.607. The molecule has 0 saturated heterocycles. The Hall–Kier alpha value is -1.47.